The summed E-state index contributed by atoms with van der Waals surface area (Å²) in [5, 5.41) is 0. The van der Waals surface area contributed by atoms with Crippen LogP contribution in [0.5, 0.6) is 0 Å². The monoisotopic (exact) mass is 214 g/mol. The van der Waals surface area contributed by atoms with E-state index in [-0.39, 0.29) is 0 Å². The van der Waals surface area contributed by atoms with E-state index in [1.807, 2.05) is 0 Å². The molecule has 16 heavy (non-hydrogen) atoms. The van der Waals surface area contributed by atoms with Gasteiger partial charge in [0.25, 0.3) is 0 Å². The molecule has 1 atom stereocenters. The first-order valence-corrected chi connectivity index (χ1v) is 6.04. The van der Waals surface area contributed by atoms with E-state index in [0.717, 1.165) is 19.5 Å². The number of nitrogens with zero attached hydrogens (tertiary/aromatic N) is 2. The van der Waals surface area contributed by atoms with Gasteiger partial charge >= 0.3 is 0 Å². The second-order valence-electron chi connectivity index (χ2n) is 4.78. The summed E-state index contributed by atoms with van der Waals surface area (Å²) >= 11 is 0. The van der Waals surface area contributed by atoms with E-state index in [9.17, 15) is 0 Å². The molecule has 1 saturated heterocycles. The van der Waals surface area contributed by atoms with Crippen LogP contribution in [-0.2, 0) is 6.42 Å². The van der Waals surface area contributed by atoms with Crippen molar-refractivity contribution in [1.82, 2.24) is 4.90 Å². The zero-order valence-electron chi connectivity index (χ0n) is 9.76. The average Bonchev–Trinajstić information content (AvgIpc) is 2.47. The standard InChI is InChI=1S/C14H18N2/c1-15-9-10-16-13(11-15)7-4-6-12-5-2-3-8-14(12)16/h2-5,7-8,13H,6,9-11H2,1H3. The van der Waals surface area contributed by atoms with Crippen LogP contribution in [-0.4, -0.2) is 37.6 Å². The average molecular weight is 214 g/mol. The van der Waals surface area contributed by atoms with Crippen LogP contribution in [0.1, 0.15) is 5.56 Å². The number of para-hydroxylation sites is 1. The van der Waals surface area contributed by atoms with Crippen LogP contribution in [0.15, 0.2) is 36.4 Å². The van der Waals surface area contributed by atoms with Crippen molar-refractivity contribution < 1.29 is 0 Å². The van der Waals surface area contributed by atoms with E-state index in [0.29, 0.717) is 6.04 Å². The SMILES string of the molecule is CN1CCN2c3ccccc3CC=CC2C1. The van der Waals surface area contributed by atoms with E-state index in [1.165, 1.54) is 17.8 Å². The molecule has 1 aromatic rings. The maximum atomic E-state index is 2.55. The van der Waals surface area contributed by atoms with Crippen LogP contribution < -0.4 is 4.90 Å². The molecule has 0 bridgehead atoms. The molecule has 3 rings (SSSR count). The fourth-order valence-electron chi connectivity index (χ4n) is 2.73. The number of anilines is 1. The van der Waals surface area contributed by atoms with Gasteiger partial charge in [0.15, 0.2) is 0 Å². The van der Waals surface area contributed by atoms with E-state index >= 15 is 0 Å². The van der Waals surface area contributed by atoms with Crippen molar-refractivity contribution in [3.63, 3.8) is 0 Å². The van der Waals surface area contributed by atoms with Gasteiger partial charge in [0, 0.05) is 25.3 Å². The largest absolute Gasteiger partial charge is 0.362 e. The fraction of sp³-hybridized carbons (Fsp3) is 0.429. The molecule has 0 radical (unpaired) electrons. The molecule has 2 aliphatic rings. The summed E-state index contributed by atoms with van der Waals surface area (Å²) in [6.07, 6.45) is 5.77. The maximum absolute atomic E-state index is 2.55. The molecule has 1 aromatic carbocycles. The minimum Gasteiger partial charge on any atom is -0.362 e. The molecule has 0 aromatic heterocycles. The Morgan fingerprint density at radius 1 is 1.19 bits per heavy atom. The molecular weight excluding hydrogens is 196 g/mol. The third-order valence-electron chi connectivity index (χ3n) is 3.62. The summed E-state index contributed by atoms with van der Waals surface area (Å²) in [6, 6.07) is 9.37. The predicted molar refractivity (Wildman–Crippen MR) is 67.9 cm³/mol. The molecule has 0 aliphatic carbocycles. The smallest absolute Gasteiger partial charge is 0.0600 e. The Kier molecular flexibility index (Phi) is 2.44. The first kappa shape index (κ1) is 9.91. The molecule has 0 saturated carbocycles. The molecule has 0 spiro atoms. The lowest BCUT2D eigenvalue weighted by Crippen LogP contribution is -2.51. The van der Waals surface area contributed by atoms with Crippen LogP contribution >= 0.6 is 0 Å². The molecule has 2 heteroatoms. The normalized spacial score (nSPS) is 24.8. The summed E-state index contributed by atoms with van der Waals surface area (Å²) in [4.78, 5) is 4.97. The lowest BCUT2D eigenvalue weighted by molar-refractivity contribution is 0.287. The molecular formula is C14H18N2. The second kappa shape index (κ2) is 3.95. The summed E-state index contributed by atoms with van der Waals surface area (Å²) in [5.41, 5.74) is 2.90. The maximum Gasteiger partial charge on any atom is 0.0600 e. The van der Waals surface area contributed by atoms with Crippen LogP contribution in [0.2, 0.25) is 0 Å². The Balaban J connectivity index is 1.99. The zero-order chi connectivity index (χ0) is 11.0. The molecule has 2 aliphatic heterocycles. The number of rotatable bonds is 0. The molecule has 84 valence electrons. The van der Waals surface area contributed by atoms with E-state index in [1.54, 1.807) is 0 Å². The van der Waals surface area contributed by atoms with E-state index < -0.39 is 0 Å². The van der Waals surface area contributed by atoms with Gasteiger partial charge in [-0.1, -0.05) is 30.4 Å². The van der Waals surface area contributed by atoms with Gasteiger partial charge in [0.2, 0.25) is 0 Å². The highest BCUT2D eigenvalue weighted by Crippen LogP contribution is 2.28. The number of fused-ring (bicyclic) bond motifs is 3. The molecule has 0 N–H and O–H groups in total. The zero-order valence-corrected chi connectivity index (χ0v) is 9.76. The number of hydrogen-bond donors (Lipinski definition) is 0. The highest BCUT2D eigenvalue weighted by molar-refractivity contribution is 5.57. The van der Waals surface area contributed by atoms with Crippen LogP contribution in [0, 0.1) is 0 Å². The first-order valence-electron chi connectivity index (χ1n) is 6.04. The van der Waals surface area contributed by atoms with Gasteiger partial charge < -0.3 is 9.80 Å². The van der Waals surface area contributed by atoms with Crippen molar-refractivity contribution in [2.75, 3.05) is 31.6 Å². The quantitative estimate of drug-likeness (QED) is 0.609. The molecule has 2 nitrogen and oxygen atoms in total. The highest BCUT2D eigenvalue weighted by Gasteiger charge is 2.25. The van der Waals surface area contributed by atoms with Crippen LogP contribution in [0.3, 0.4) is 0 Å². The van der Waals surface area contributed by atoms with Gasteiger partial charge in [0.1, 0.15) is 0 Å². The van der Waals surface area contributed by atoms with E-state index in [4.69, 9.17) is 0 Å². The van der Waals surface area contributed by atoms with Crippen LogP contribution in [0.25, 0.3) is 0 Å². The second-order valence-corrected chi connectivity index (χ2v) is 4.78. The van der Waals surface area contributed by atoms with Crippen molar-refractivity contribution in [3.8, 4) is 0 Å². The van der Waals surface area contributed by atoms with Crippen molar-refractivity contribution >= 4 is 5.69 Å². The number of piperazine rings is 1. The van der Waals surface area contributed by atoms with Gasteiger partial charge in [-0.05, 0) is 25.1 Å². The van der Waals surface area contributed by atoms with Crippen molar-refractivity contribution in [3.05, 3.63) is 42.0 Å². The summed E-state index contributed by atoms with van der Waals surface area (Å²) < 4.78 is 0. The number of likely N-dealkylation sites (N-methyl/N-ethyl adjacent to an activating group) is 1. The Hall–Kier alpha value is -1.28. The number of hydrogen-bond acceptors (Lipinski definition) is 2. The highest BCUT2D eigenvalue weighted by atomic mass is 15.3. The van der Waals surface area contributed by atoms with Gasteiger partial charge in [-0.2, -0.15) is 0 Å². The Bertz CT molecular complexity index is 411. The minimum atomic E-state index is 0.558. The minimum absolute atomic E-state index is 0.558. The van der Waals surface area contributed by atoms with Gasteiger partial charge in [-0.3, -0.25) is 0 Å². The predicted octanol–water partition coefficient (Wildman–Crippen LogP) is 1.92. The van der Waals surface area contributed by atoms with Crippen molar-refractivity contribution in [2.24, 2.45) is 0 Å². The van der Waals surface area contributed by atoms with Gasteiger partial charge in [-0.25, -0.2) is 0 Å². The summed E-state index contributed by atoms with van der Waals surface area (Å²) in [6.45, 7) is 3.45. The Morgan fingerprint density at radius 2 is 2.06 bits per heavy atom. The van der Waals surface area contributed by atoms with Crippen molar-refractivity contribution in [2.45, 2.75) is 12.5 Å². The number of allylic oxidation sites excluding steroid dienone is 1. The van der Waals surface area contributed by atoms with Gasteiger partial charge in [-0.15, -0.1) is 0 Å². The van der Waals surface area contributed by atoms with E-state index in [2.05, 4.69) is 53.3 Å². The molecule has 1 unspecified atom stereocenters. The van der Waals surface area contributed by atoms with Crippen LogP contribution in [0.4, 0.5) is 5.69 Å². The Morgan fingerprint density at radius 3 is 3.00 bits per heavy atom. The summed E-state index contributed by atoms with van der Waals surface area (Å²) in [5.74, 6) is 0. The first-order chi connectivity index (χ1) is 7.84. The topological polar surface area (TPSA) is 6.48 Å². The third kappa shape index (κ3) is 1.63. The summed E-state index contributed by atoms with van der Waals surface area (Å²) in [7, 11) is 2.21. The molecule has 1 fully saturated rings. The fourth-order valence-corrected chi connectivity index (χ4v) is 2.73. The molecule has 2 heterocycles. The lowest BCUT2D eigenvalue weighted by atomic mass is 10.1. The third-order valence-corrected chi connectivity index (χ3v) is 3.62. The van der Waals surface area contributed by atoms with Crippen molar-refractivity contribution in [1.29, 1.82) is 0 Å². The Labute approximate surface area is 97.2 Å². The molecule has 0 amide bonds. The number of benzene rings is 1. The van der Waals surface area contributed by atoms with Gasteiger partial charge in [0.05, 0.1) is 6.04 Å². The lowest BCUT2D eigenvalue weighted by Gasteiger charge is -2.40.